The number of alkyl carbamates (subject to hydrolysis) is 1. The van der Waals surface area contributed by atoms with E-state index in [-0.39, 0.29) is 24.4 Å². The average molecular weight is 412 g/mol. The summed E-state index contributed by atoms with van der Waals surface area (Å²) in [5, 5.41) is 6.19. The maximum atomic E-state index is 12.1. The highest BCUT2D eigenvalue weighted by Crippen LogP contribution is 2.11. The van der Waals surface area contributed by atoms with Crippen LogP contribution in [-0.2, 0) is 9.53 Å². The third kappa shape index (κ3) is 12.8. The molecular formula is C21H41N5O3. The van der Waals surface area contributed by atoms with Gasteiger partial charge >= 0.3 is 6.09 Å². The number of amides is 2. The van der Waals surface area contributed by atoms with Crippen LogP contribution < -0.4 is 10.6 Å². The van der Waals surface area contributed by atoms with Crippen molar-refractivity contribution in [2.24, 2.45) is 10.9 Å². The van der Waals surface area contributed by atoms with E-state index in [1.54, 1.807) is 14.1 Å². The van der Waals surface area contributed by atoms with Crippen molar-refractivity contribution < 1.29 is 14.3 Å². The molecule has 0 saturated heterocycles. The lowest BCUT2D eigenvalue weighted by Gasteiger charge is -2.28. The van der Waals surface area contributed by atoms with E-state index in [9.17, 15) is 9.59 Å². The fourth-order valence-electron chi connectivity index (χ4n) is 2.30. The summed E-state index contributed by atoms with van der Waals surface area (Å²) in [4.78, 5) is 31.9. The molecule has 1 unspecified atom stereocenters. The van der Waals surface area contributed by atoms with Gasteiger partial charge in [-0.15, -0.1) is 0 Å². The molecule has 29 heavy (non-hydrogen) atoms. The van der Waals surface area contributed by atoms with Crippen molar-refractivity contribution in [1.29, 1.82) is 0 Å². The van der Waals surface area contributed by atoms with Gasteiger partial charge in [-0.1, -0.05) is 26.0 Å². The molecule has 0 bridgehead atoms. The number of ether oxygens (including phenoxy) is 1. The number of hydrogen-bond acceptors (Lipinski definition) is 4. The summed E-state index contributed by atoms with van der Waals surface area (Å²) < 4.78 is 5.37. The van der Waals surface area contributed by atoms with Crippen molar-refractivity contribution in [2.75, 3.05) is 40.8 Å². The lowest BCUT2D eigenvalue weighted by atomic mass is 10.0. The molecule has 0 aromatic heterocycles. The standard InChI is InChI=1S/C21H41N5O3/c1-15(2)13-22-19(23-14-18(27)25(8)9)26(10)12-11-17(16(3)4)24-20(28)29-21(5,6)7/h16-17H,1,11-14H2,2-10H3,(H,22,23)(H,24,28). The van der Waals surface area contributed by atoms with Gasteiger partial charge in [-0.3, -0.25) is 4.79 Å². The second-order valence-corrected chi connectivity index (χ2v) is 8.95. The molecule has 0 aromatic rings. The number of guanidine groups is 1. The Hall–Kier alpha value is -2.25. The van der Waals surface area contributed by atoms with Crippen LogP contribution >= 0.6 is 0 Å². The summed E-state index contributed by atoms with van der Waals surface area (Å²) in [7, 11) is 5.32. The van der Waals surface area contributed by atoms with Crippen molar-refractivity contribution in [2.45, 2.75) is 59.6 Å². The summed E-state index contributed by atoms with van der Waals surface area (Å²) in [6.45, 7) is 16.8. The first-order valence-corrected chi connectivity index (χ1v) is 10.1. The van der Waals surface area contributed by atoms with Crippen LogP contribution in [0.5, 0.6) is 0 Å². The second-order valence-electron chi connectivity index (χ2n) is 8.95. The monoisotopic (exact) mass is 411 g/mol. The smallest absolute Gasteiger partial charge is 0.407 e. The largest absolute Gasteiger partial charge is 0.444 e. The fraction of sp³-hybridized carbons (Fsp3) is 0.762. The number of nitrogens with one attached hydrogen (secondary N) is 2. The number of carbonyl (C=O) groups is 2. The second kappa shape index (κ2) is 12.3. The molecule has 0 radical (unpaired) electrons. The van der Waals surface area contributed by atoms with Gasteiger partial charge in [0.25, 0.3) is 0 Å². The Morgan fingerprint density at radius 1 is 1.17 bits per heavy atom. The van der Waals surface area contributed by atoms with Crippen LogP contribution in [0.2, 0.25) is 0 Å². The van der Waals surface area contributed by atoms with Gasteiger partial charge < -0.3 is 25.2 Å². The highest BCUT2D eigenvalue weighted by Gasteiger charge is 2.22. The Bertz CT molecular complexity index is 579. The number of rotatable bonds is 9. The van der Waals surface area contributed by atoms with E-state index < -0.39 is 11.7 Å². The van der Waals surface area contributed by atoms with Crippen LogP contribution in [0.25, 0.3) is 0 Å². The molecule has 168 valence electrons. The maximum Gasteiger partial charge on any atom is 0.407 e. The van der Waals surface area contributed by atoms with Crippen LogP contribution in [0.1, 0.15) is 48.0 Å². The molecule has 0 fully saturated rings. The Morgan fingerprint density at radius 3 is 2.21 bits per heavy atom. The zero-order valence-corrected chi connectivity index (χ0v) is 19.8. The molecule has 0 aliphatic heterocycles. The molecule has 8 nitrogen and oxygen atoms in total. The molecule has 2 amide bonds. The van der Waals surface area contributed by atoms with E-state index in [1.165, 1.54) is 4.90 Å². The van der Waals surface area contributed by atoms with Gasteiger partial charge in [-0.25, -0.2) is 9.79 Å². The predicted molar refractivity (Wildman–Crippen MR) is 119 cm³/mol. The minimum Gasteiger partial charge on any atom is -0.444 e. The lowest BCUT2D eigenvalue weighted by molar-refractivity contribution is -0.127. The molecule has 0 aromatic carbocycles. The van der Waals surface area contributed by atoms with E-state index in [0.29, 0.717) is 25.5 Å². The highest BCUT2D eigenvalue weighted by atomic mass is 16.6. The Kier molecular flexibility index (Phi) is 11.4. The topological polar surface area (TPSA) is 86.3 Å². The fourth-order valence-corrected chi connectivity index (χ4v) is 2.30. The Morgan fingerprint density at radius 2 is 1.76 bits per heavy atom. The summed E-state index contributed by atoms with van der Waals surface area (Å²) >= 11 is 0. The molecule has 0 aliphatic carbocycles. The number of carbonyl (C=O) groups excluding carboxylic acids is 2. The van der Waals surface area contributed by atoms with Crippen LogP contribution in [-0.4, -0.2) is 80.2 Å². The van der Waals surface area contributed by atoms with Gasteiger partial charge in [0.05, 0.1) is 0 Å². The molecule has 1 atom stereocenters. The van der Waals surface area contributed by atoms with Gasteiger partial charge in [0, 0.05) is 40.3 Å². The normalized spacial score (nSPS) is 13.0. The van der Waals surface area contributed by atoms with Crippen molar-refractivity contribution in [3.63, 3.8) is 0 Å². The SMILES string of the molecule is C=C(C)CNC(=NCC(=O)N(C)C)N(C)CCC(NC(=O)OC(C)(C)C)C(C)C. The zero-order valence-electron chi connectivity index (χ0n) is 19.8. The highest BCUT2D eigenvalue weighted by molar-refractivity contribution is 5.84. The molecule has 0 aliphatic rings. The Balaban J connectivity index is 5.02. The van der Waals surface area contributed by atoms with E-state index in [2.05, 4.69) is 36.1 Å². The van der Waals surface area contributed by atoms with Crippen molar-refractivity contribution >= 4 is 18.0 Å². The van der Waals surface area contributed by atoms with Crippen LogP contribution in [0.4, 0.5) is 4.79 Å². The molecular weight excluding hydrogens is 370 g/mol. The van der Waals surface area contributed by atoms with E-state index >= 15 is 0 Å². The van der Waals surface area contributed by atoms with Crippen LogP contribution in [0, 0.1) is 5.92 Å². The molecule has 0 spiro atoms. The third-order valence-corrected chi connectivity index (χ3v) is 4.06. The number of aliphatic imine (C=N–C) groups is 1. The Labute approximate surface area is 176 Å². The van der Waals surface area contributed by atoms with E-state index in [4.69, 9.17) is 4.74 Å². The average Bonchev–Trinajstić information content (AvgIpc) is 2.55. The zero-order chi connectivity index (χ0) is 22.8. The third-order valence-electron chi connectivity index (χ3n) is 4.06. The van der Waals surface area contributed by atoms with Gasteiger partial charge in [0.1, 0.15) is 12.1 Å². The summed E-state index contributed by atoms with van der Waals surface area (Å²) in [6.07, 6.45) is 0.299. The summed E-state index contributed by atoms with van der Waals surface area (Å²) in [5.74, 6) is 0.803. The first-order chi connectivity index (χ1) is 13.2. The lowest BCUT2D eigenvalue weighted by Crippen LogP contribution is -2.46. The van der Waals surface area contributed by atoms with Crippen molar-refractivity contribution in [1.82, 2.24) is 20.4 Å². The molecule has 8 heteroatoms. The van der Waals surface area contributed by atoms with Gasteiger partial charge in [0.2, 0.25) is 5.91 Å². The molecule has 0 rings (SSSR count). The van der Waals surface area contributed by atoms with E-state index in [1.807, 2.05) is 39.6 Å². The number of likely N-dealkylation sites (N-methyl/N-ethyl adjacent to an activating group) is 1. The van der Waals surface area contributed by atoms with Gasteiger partial charge in [-0.05, 0) is 40.0 Å². The van der Waals surface area contributed by atoms with Crippen molar-refractivity contribution in [3.05, 3.63) is 12.2 Å². The predicted octanol–water partition coefficient (Wildman–Crippen LogP) is 2.47. The first kappa shape index (κ1) is 26.8. The van der Waals surface area contributed by atoms with Crippen molar-refractivity contribution in [3.8, 4) is 0 Å². The molecule has 0 saturated carbocycles. The summed E-state index contributed by atoms with van der Waals surface area (Å²) in [5.41, 5.74) is 0.435. The van der Waals surface area contributed by atoms with Gasteiger partial charge in [-0.2, -0.15) is 0 Å². The summed E-state index contributed by atoms with van der Waals surface area (Å²) in [6, 6.07) is -0.0434. The first-order valence-electron chi connectivity index (χ1n) is 10.1. The minimum absolute atomic E-state index is 0.0434. The van der Waals surface area contributed by atoms with E-state index in [0.717, 1.165) is 5.57 Å². The quantitative estimate of drug-likeness (QED) is 0.346. The maximum absolute atomic E-state index is 12.1. The number of nitrogens with zero attached hydrogens (tertiary/aromatic N) is 3. The van der Waals surface area contributed by atoms with Gasteiger partial charge in [0.15, 0.2) is 5.96 Å². The molecule has 0 heterocycles. The number of hydrogen-bond donors (Lipinski definition) is 2. The minimum atomic E-state index is -0.534. The van der Waals surface area contributed by atoms with Crippen LogP contribution in [0.15, 0.2) is 17.1 Å². The van der Waals surface area contributed by atoms with Crippen LogP contribution in [0.3, 0.4) is 0 Å². The molecule has 2 N–H and O–H groups in total.